The molecule has 3 heterocycles. The minimum atomic E-state index is -0.316. The van der Waals surface area contributed by atoms with E-state index in [1.165, 1.54) is 0 Å². The van der Waals surface area contributed by atoms with Crippen molar-refractivity contribution in [3.05, 3.63) is 47.7 Å². The van der Waals surface area contributed by atoms with Crippen molar-refractivity contribution in [1.29, 1.82) is 0 Å². The first-order chi connectivity index (χ1) is 13.6. The maximum absolute atomic E-state index is 13.1. The first-order valence-corrected chi connectivity index (χ1v) is 9.95. The normalized spacial score (nSPS) is 20.8. The van der Waals surface area contributed by atoms with E-state index < -0.39 is 0 Å². The van der Waals surface area contributed by atoms with Gasteiger partial charge in [0.25, 0.3) is 5.91 Å². The number of nitrogens with zero attached hydrogens (tertiary/aromatic N) is 2. The van der Waals surface area contributed by atoms with E-state index in [0.717, 1.165) is 24.2 Å². The van der Waals surface area contributed by atoms with Crippen LogP contribution >= 0.6 is 0 Å². The Kier molecular flexibility index (Phi) is 5.22. The molecule has 1 spiro atoms. The van der Waals surface area contributed by atoms with E-state index in [0.29, 0.717) is 44.8 Å². The van der Waals surface area contributed by atoms with E-state index in [2.05, 4.69) is 0 Å². The smallest absolute Gasteiger partial charge is 0.253 e. The molecule has 6 nitrogen and oxygen atoms in total. The Balaban J connectivity index is 1.43. The van der Waals surface area contributed by atoms with Crippen LogP contribution in [0.5, 0.6) is 5.75 Å². The number of hydrogen-bond donors (Lipinski definition) is 0. The average Bonchev–Trinajstić information content (AvgIpc) is 2.96. The molecule has 2 fully saturated rings. The number of benzene rings is 1. The lowest BCUT2D eigenvalue weighted by Crippen LogP contribution is -2.58. The maximum Gasteiger partial charge on any atom is 0.253 e. The molecule has 0 aromatic heterocycles. The first-order valence-electron chi connectivity index (χ1n) is 9.95. The quantitative estimate of drug-likeness (QED) is 0.789. The van der Waals surface area contributed by atoms with Gasteiger partial charge in [0.1, 0.15) is 5.75 Å². The van der Waals surface area contributed by atoms with Gasteiger partial charge in [-0.1, -0.05) is 25.1 Å². The second-order valence-electron chi connectivity index (χ2n) is 7.55. The van der Waals surface area contributed by atoms with E-state index >= 15 is 0 Å². The summed E-state index contributed by atoms with van der Waals surface area (Å²) >= 11 is 0. The second kappa shape index (κ2) is 7.80. The Morgan fingerprint density at radius 1 is 1.11 bits per heavy atom. The third kappa shape index (κ3) is 3.69. The highest BCUT2D eigenvalue weighted by molar-refractivity contribution is 6.01. The molecule has 0 radical (unpaired) electrons. The number of morpholine rings is 1. The van der Waals surface area contributed by atoms with Crippen molar-refractivity contribution in [2.75, 3.05) is 32.8 Å². The number of amides is 2. The van der Waals surface area contributed by atoms with Gasteiger partial charge < -0.3 is 19.3 Å². The number of hydrogen-bond acceptors (Lipinski definition) is 4. The highest BCUT2D eigenvalue weighted by Crippen LogP contribution is 2.32. The summed E-state index contributed by atoms with van der Waals surface area (Å²) in [5.74, 6) is 0.924. The number of carbonyl (C=O) groups excluding carboxylic acids is 2. The SMILES string of the molecule is CCC(=O)N1CCOC2(CCN(C(=O)C3=Cc4ccccc4OC=C3)CC2)C1. The van der Waals surface area contributed by atoms with Crippen LogP contribution in [0.25, 0.3) is 6.08 Å². The van der Waals surface area contributed by atoms with Crippen LogP contribution in [-0.4, -0.2) is 60.0 Å². The molecule has 6 heteroatoms. The van der Waals surface area contributed by atoms with E-state index in [4.69, 9.17) is 9.47 Å². The van der Waals surface area contributed by atoms with Crippen LogP contribution in [0.4, 0.5) is 0 Å². The van der Waals surface area contributed by atoms with Crippen LogP contribution in [0.15, 0.2) is 42.2 Å². The minimum Gasteiger partial charge on any atom is -0.464 e. The highest BCUT2D eigenvalue weighted by Gasteiger charge is 2.41. The fourth-order valence-electron chi connectivity index (χ4n) is 4.12. The summed E-state index contributed by atoms with van der Waals surface area (Å²) in [7, 11) is 0. The minimum absolute atomic E-state index is 0.00343. The molecular formula is C22H26N2O4. The molecule has 2 saturated heterocycles. The topological polar surface area (TPSA) is 59.1 Å². The largest absolute Gasteiger partial charge is 0.464 e. The molecule has 3 aliphatic heterocycles. The molecule has 0 bridgehead atoms. The predicted molar refractivity (Wildman–Crippen MR) is 106 cm³/mol. The number of para-hydroxylation sites is 1. The summed E-state index contributed by atoms with van der Waals surface area (Å²) in [6.45, 7) is 5.00. The summed E-state index contributed by atoms with van der Waals surface area (Å²) in [6.07, 6.45) is 7.19. The summed E-state index contributed by atoms with van der Waals surface area (Å²) in [6, 6.07) is 7.67. The van der Waals surface area contributed by atoms with Crippen LogP contribution in [0, 0.1) is 0 Å². The van der Waals surface area contributed by atoms with Crippen LogP contribution in [0.3, 0.4) is 0 Å². The van der Waals surface area contributed by atoms with Crippen LogP contribution in [0.2, 0.25) is 0 Å². The Morgan fingerprint density at radius 3 is 2.68 bits per heavy atom. The summed E-state index contributed by atoms with van der Waals surface area (Å²) < 4.78 is 11.7. The first kappa shape index (κ1) is 18.7. The standard InChI is InChI=1S/C22H26N2O4/c1-2-20(25)24-12-14-28-22(16-24)8-10-23(11-9-22)21(26)18-7-13-27-19-6-4-3-5-17(19)15-18/h3-7,13,15H,2,8-12,14,16H2,1H3. The second-order valence-corrected chi connectivity index (χ2v) is 7.55. The molecule has 0 N–H and O–H groups in total. The van der Waals surface area contributed by atoms with Gasteiger partial charge >= 0.3 is 0 Å². The Hall–Kier alpha value is -2.60. The van der Waals surface area contributed by atoms with Gasteiger partial charge in [-0.15, -0.1) is 0 Å². The van der Waals surface area contributed by atoms with Crippen molar-refractivity contribution < 1.29 is 19.1 Å². The van der Waals surface area contributed by atoms with Crippen molar-refractivity contribution in [2.24, 2.45) is 0 Å². The number of likely N-dealkylation sites (tertiary alicyclic amines) is 1. The van der Waals surface area contributed by atoms with Crippen molar-refractivity contribution in [2.45, 2.75) is 31.8 Å². The Morgan fingerprint density at radius 2 is 1.89 bits per heavy atom. The van der Waals surface area contributed by atoms with Crippen LogP contribution in [0.1, 0.15) is 31.7 Å². The fraction of sp³-hybridized carbons (Fsp3) is 0.455. The zero-order valence-corrected chi connectivity index (χ0v) is 16.2. The molecule has 0 unspecified atom stereocenters. The highest BCUT2D eigenvalue weighted by atomic mass is 16.5. The molecule has 0 atom stereocenters. The van der Waals surface area contributed by atoms with Crippen molar-refractivity contribution in [3.8, 4) is 5.75 Å². The Labute approximate surface area is 165 Å². The third-order valence-corrected chi connectivity index (χ3v) is 5.79. The molecule has 4 rings (SSSR count). The number of rotatable bonds is 2. The maximum atomic E-state index is 13.1. The molecule has 0 aliphatic carbocycles. The molecule has 28 heavy (non-hydrogen) atoms. The van der Waals surface area contributed by atoms with Gasteiger partial charge in [-0.3, -0.25) is 9.59 Å². The van der Waals surface area contributed by atoms with E-state index in [1.807, 2.05) is 47.1 Å². The number of ether oxygens (including phenoxy) is 2. The lowest BCUT2D eigenvalue weighted by molar-refractivity contribution is -0.162. The molecule has 0 saturated carbocycles. The predicted octanol–water partition coefficient (Wildman–Crippen LogP) is 2.61. The van der Waals surface area contributed by atoms with E-state index in [1.54, 1.807) is 12.3 Å². The molecule has 3 aliphatic rings. The molecule has 1 aromatic rings. The number of fused-ring (bicyclic) bond motifs is 1. The van der Waals surface area contributed by atoms with Gasteiger partial charge in [-0.05, 0) is 31.1 Å². The van der Waals surface area contributed by atoms with Crippen molar-refractivity contribution in [3.63, 3.8) is 0 Å². The van der Waals surface area contributed by atoms with Crippen LogP contribution in [-0.2, 0) is 14.3 Å². The van der Waals surface area contributed by atoms with E-state index in [9.17, 15) is 9.59 Å². The zero-order chi connectivity index (χ0) is 19.6. The van der Waals surface area contributed by atoms with Crippen molar-refractivity contribution >= 4 is 17.9 Å². The van der Waals surface area contributed by atoms with Gasteiger partial charge in [-0.25, -0.2) is 0 Å². The molecular weight excluding hydrogens is 356 g/mol. The zero-order valence-electron chi connectivity index (χ0n) is 16.2. The van der Waals surface area contributed by atoms with Gasteiger partial charge in [0, 0.05) is 43.7 Å². The van der Waals surface area contributed by atoms with Gasteiger partial charge in [0.05, 0.1) is 18.5 Å². The number of carbonyl (C=O) groups is 2. The lowest BCUT2D eigenvalue weighted by atomic mass is 9.89. The van der Waals surface area contributed by atoms with Gasteiger partial charge in [0.15, 0.2) is 0 Å². The monoisotopic (exact) mass is 382 g/mol. The molecule has 2 amide bonds. The van der Waals surface area contributed by atoms with Crippen LogP contribution < -0.4 is 4.74 Å². The third-order valence-electron chi connectivity index (χ3n) is 5.79. The fourth-order valence-corrected chi connectivity index (χ4v) is 4.12. The lowest BCUT2D eigenvalue weighted by Gasteiger charge is -2.47. The van der Waals surface area contributed by atoms with E-state index in [-0.39, 0.29) is 17.4 Å². The number of piperidine rings is 1. The Bertz CT molecular complexity index is 822. The molecule has 148 valence electrons. The summed E-state index contributed by atoms with van der Waals surface area (Å²) in [4.78, 5) is 28.9. The summed E-state index contributed by atoms with van der Waals surface area (Å²) in [5.41, 5.74) is 1.20. The summed E-state index contributed by atoms with van der Waals surface area (Å²) in [5, 5.41) is 0. The molecule has 1 aromatic carbocycles. The van der Waals surface area contributed by atoms with Gasteiger partial charge in [-0.2, -0.15) is 0 Å². The van der Waals surface area contributed by atoms with Crippen molar-refractivity contribution in [1.82, 2.24) is 9.80 Å². The van der Waals surface area contributed by atoms with Gasteiger partial charge in [0.2, 0.25) is 5.91 Å². The average molecular weight is 382 g/mol.